The third-order valence-electron chi connectivity index (χ3n) is 6.03. The molecular formula is C25H29N5O. The summed E-state index contributed by atoms with van der Waals surface area (Å²) in [4.78, 5) is 7.43. The van der Waals surface area contributed by atoms with Crippen LogP contribution >= 0.6 is 0 Å². The summed E-state index contributed by atoms with van der Waals surface area (Å²) in [5.74, 6) is 2.47. The Balaban J connectivity index is 1.23. The average molecular weight is 416 g/mol. The van der Waals surface area contributed by atoms with Crippen LogP contribution in [0.2, 0.25) is 0 Å². The summed E-state index contributed by atoms with van der Waals surface area (Å²) in [6.45, 7) is 7.91. The molecule has 160 valence electrons. The molecule has 6 nitrogen and oxygen atoms in total. The Morgan fingerprint density at radius 1 is 1.10 bits per heavy atom. The number of aromatic amines is 1. The van der Waals surface area contributed by atoms with E-state index in [1.54, 1.807) is 0 Å². The average Bonchev–Trinajstić information content (AvgIpc) is 3.51. The Bertz CT molecular complexity index is 1150. The summed E-state index contributed by atoms with van der Waals surface area (Å²) in [5.41, 5.74) is 4.45. The first kappa shape index (κ1) is 19.8. The largest absolute Gasteiger partial charge is 0.487 e. The predicted octanol–water partition coefficient (Wildman–Crippen LogP) is 4.91. The molecule has 0 saturated carbocycles. The van der Waals surface area contributed by atoms with E-state index >= 15 is 0 Å². The molecule has 0 spiro atoms. The van der Waals surface area contributed by atoms with Crippen LogP contribution in [0.15, 0.2) is 60.7 Å². The molecule has 1 unspecified atom stereocenters. The number of fused-ring (bicyclic) bond motifs is 1. The predicted molar refractivity (Wildman–Crippen MR) is 122 cm³/mol. The van der Waals surface area contributed by atoms with Crippen molar-refractivity contribution >= 4 is 11.0 Å². The molecule has 1 atom stereocenters. The molecule has 0 aliphatic carbocycles. The number of hydrogen-bond donors (Lipinski definition) is 1. The van der Waals surface area contributed by atoms with Crippen molar-refractivity contribution in [3.63, 3.8) is 0 Å². The zero-order valence-electron chi connectivity index (χ0n) is 18.2. The number of rotatable bonds is 7. The number of aromatic nitrogens is 4. The number of hydrogen-bond acceptors (Lipinski definition) is 4. The van der Waals surface area contributed by atoms with Gasteiger partial charge in [0.15, 0.2) is 0 Å². The Morgan fingerprint density at radius 3 is 2.74 bits per heavy atom. The highest BCUT2D eigenvalue weighted by atomic mass is 16.5. The number of ether oxygens (including phenoxy) is 1. The normalized spacial score (nSPS) is 17.1. The van der Waals surface area contributed by atoms with Crippen LogP contribution in [0.3, 0.4) is 0 Å². The molecule has 0 radical (unpaired) electrons. The highest BCUT2D eigenvalue weighted by Gasteiger charge is 2.27. The molecule has 1 fully saturated rings. The third kappa shape index (κ3) is 4.21. The summed E-state index contributed by atoms with van der Waals surface area (Å²) in [5, 5.41) is 7.73. The smallest absolute Gasteiger partial charge is 0.130 e. The zero-order chi connectivity index (χ0) is 21.2. The minimum absolute atomic E-state index is 0.388. The summed E-state index contributed by atoms with van der Waals surface area (Å²) < 4.78 is 8.21. The minimum Gasteiger partial charge on any atom is -0.487 e. The minimum atomic E-state index is 0.388. The van der Waals surface area contributed by atoms with Crippen molar-refractivity contribution in [2.45, 2.75) is 45.4 Å². The van der Waals surface area contributed by atoms with Gasteiger partial charge < -0.3 is 9.30 Å². The van der Waals surface area contributed by atoms with Crippen LogP contribution in [-0.4, -0.2) is 37.7 Å². The quantitative estimate of drug-likeness (QED) is 0.466. The molecule has 5 rings (SSSR count). The molecule has 4 aromatic rings. The van der Waals surface area contributed by atoms with E-state index in [1.165, 1.54) is 5.52 Å². The van der Waals surface area contributed by atoms with Gasteiger partial charge in [0, 0.05) is 18.5 Å². The second-order valence-corrected chi connectivity index (χ2v) is 8.62. The van der Waals surface area contributed by atoms with Crippen LogP contribution in [0.5, 0.6) is 5.75 Å². The van der Waals surface area contributed by atoms with Crippen LogP contribution in [0, 0.1) is 0 Å². The highest BCUT2D eigenvalue weighted by Crippen LogP contribution is 2.29. The molecule has 3 heterocycles. The molecule has 1 aliphatic rings. The summed E-state index contributed by atoms with van der Waals surface area (Å²) in [7, 11) is 0. The SMILES string of the molecule is CC(C)n1c(CN2CCC(c3cc(COc4ccccc4)[nH]n3)C2)nc2ccccc21. The number of imidazole rings is 1. The van der Waals surface area contributed by atoms with Gasteiger partial charge in [-0.1, -0.05) is 30.3 Å². The molecule has 1 aliphatic heterocycles. The fraction of sp³-hybridized carbons (Fsp3) is 0.360. The van der Waals surface area contributed by atoms with Crippen molar-refractivity contribution in [2.75, 3.05) is 13.1 Å². The first-order valence-corrected chi connectivity index (χ1v) is 11.1. The molecule has 6 heteroatoms. The zero-order valence-corrected chi connectivity index (χ0v) is 18.2. The van der Waals surface area contributed by atoms with Crippen molar-refractivity contribution in [1.29, 1.82) is 0 Å². The fourth-order valence-corrected chi connectivity index (χ4v) is 4.54. The van der Waals surface area contributed by atoms with E-state index < -0.39 is 0 Å². The lowest BCUT2D eigenvalue weighted by molar-refractivity contribution is 0.301. The van der Waals surface area contributed by atoms with Gasteiger partial charge in [0.25, 0.3) is 0 Å². The van der Waals surface area contributed by atoms with Crippen LogP contribution < -0.4 is 4.74 Å². The number of para-hydroxylation sites is 3. The van der Waals surface area contributed by atoms with E-state index in [2.05, 4.69) is 63.8 Å². The van der Waals surface area contributed by atoms with Gasteiger partial charge in [0.1, 0.15) is 18.2 Å². The van der Waals surface area contributed by atoms with Crippen molar-refractivity contribution < 1.29 is 4.74 Å². The van der Waals surface area contributed by atoms with E-state index in [9.17, 15) is 0 Å². The van der Waals surface area contributed by atoms with Gasteiger partial charge in [0.05, 0.1) is 29.0 Å². The number of nitrogens with zero attached hydrogens (tertiary/aromatic N) is 4. The van der Waals surface area contributed by atoms with Crippen LogP contribution in [0.1, 0.15) is 49.4 Å². The van der Waals surface area contributed by atoms with Crippen LogP contribution in [0.4, 0.5) is 0 Å². The van der Waals surface area contributed by atoms with Gasteiger partial charge >= 0.3 is 0 Å². The van der Waals surface area contributed by atoms with Crippen molar-refractivity contribution in [2.24, 2.45) is 0 Å². The van der Waals surface area contributed by atoms with Gasteiger partial charge in [-0.25, -0.2) is 4.98 Å². The monoisotopic (exact) mass is 415 g/mol. The number of likely N-dealkylation sites (tertiary alicyclic amines) is 1. The first-order chi connectivity index (χ1) is 15.2. The Morgan fingerprint density at radius 2 is 1.90 bits per heavy atom. The van der Waals surface area contributed by atoms with Crippen molar-refractivity contribution in [1.82, 2.24) is 24.6 Å². The maximum Gasteiger partial charge on any atom is 0.130 e. The molecule has 0 amide bonds. The molecule has 2 aromatic heterocycles. The van der Waals surface area contributed by atoms with Gasteiger partial charge in [-0.2, -0.15) is 5.10 Å². The maximum absolute atomic E-state index is 5.84. The molecule has 2 aromatic carbocycles. The van der Waals surface area contributed by atoms with Crippen LogP contribution in [-0.2, 0) is 13.2 Å². The van der Waals surface area contributed by atoms with E-state index in [4.69, 9.17) is 9.72 Å². The topological polar surface area (TPSA) is 59.0 Å². The van der Waals surface area contributed by atoms with E-state index in [-0.39, 0.29) is 0 Å². The maximum atomic E-state index is 5.84. The summed E-state index contributed by atoms with van der Waals surface area (Å²) in [6, 6.07) is 20.9. The second kappa shape index (κ2) is 8.55. The Kier molecular flexibility index (Phi) is 5.47. The van der Waals surface area contributed by atoms with E-state index in [0.717, 1.165) is 54.5 Å². The molecular weight excluding hydrogens is 386 g/mol. The van der Waals surface area contributed by atoms with E-state index in [0.29, 0.717) is 18.6 Å². The van der Waals surface area contributed by atoms with Gasteiger partial charge in [-0.3, -0.25) is 10.00 Å². The molecule has 1 N–H and O–H groups in total. The van der Waals surface area contributed by atoms with Crippen molar-refractivity contribution in [3.8, 4) is 5.75 Å². The summed E-state index contributed by atoms with van der Waals surface area (Å²) in [6.07, 6.45) is 1.12. The number of benzene rings is 2. The lowest BCUT2D eigenvalue weighted by Gasteiger charge is -2.18. The van der Waals surface area contributed by atoms with Gasteiger partial charge in [0.2, 0.25) is 0 Å². The van der Waals surface area contributed by atoms with Crippen molar-refractivity contribution in [3.05, 3.63) is 77.9 Å². The Hall–Kier alpha value is -3.12. The number of nitrogens with one attached hydrogen (secondary N) is 1. The second-order valence-electron chi connectivity index (χ2n) is 8.62. The van der Waals surface area contributed by atoms with Gasteiger partial charge in [-0.15, -0.1) is 0 Å². The molecule has 1 saturated heterocycles. The van der Waals surface area contributed by atoms with Gasteiger partial charge in [-0.05, 0) is 57.1 Å². The molecule has 0 bridgehead atoms. The first-order valence-electron chi connectivity index (χ1n) is 11.1. The lowest BCUT2D eigenvalue weighted by atomic mass is 10.1. The molecule has 31 heavy (non-hydrogen) atoms. The third-order valence-corrected chi connectivity index (χ3v) is 6.03. The lowest BCUT2D eigenvalue weighted by Crippen LogP contribution is -2.23. The fourth-order valence-electron chi connectivity index (χ4n) is 4.54. The summed E-state index contributed by atoms with van der Waals surface area (Å²) >= 11 is 0. The number of H-pyrrole nitrogens is 1. The standard InChI is InChI=1S/C25H29N5O/c1-18(2)30-24-11-7-6-10-22(24)26-25(30)16-29-13-12-19(15-29)23-14-20(27-28-23)17-31-21-8-4-3-5-9-21/h3-11,14,18-19H,12-13,15-17H2,1-2H3,(H,27,28). The van der Waals surface area contributed by atoms with Crippen LogP contribution in [0.25, 0.3) is 11.0 Å². The highest BCUT2D eigenvalue weighted by molar-refractivity contribution is 5.76. The van der Waals surface area contributed by atoms with E-state index in [1.807, 2.05) is 30.3 Å². The Labute approximate surface area is 182 Å².